The van der Waals surface area contributed by atoms with E-state index < -0.39 is 0 Å². The van der Waals surface area contributed by atoms with Crippen molar-refractivity contribution in [2.45, 2.75) is 32.7 Å². The van der Waals surface area contributed by atoms with Gasteiger partial charge in [0, 0.05) is 31.6 Å². The molecule has 0 atom stereocenters. The minimum atomic E-state index is -0.204. The number of rotatable bonds is 5. The largest absolute Gasteiger partial charge is 0.345 e. The molecule has 1 fully saturated rings. The van der Waals surface area contributed by atoms with Crippen molar-refractivity contribution in [2.75, 3.05) is 13.1 Å². The van der Waals surface area contributed by atoms with Crippen molar-refractivity contribution in [2.24, 2.45) is 5.92 Å². The predicted molar refractivity (Wildman–Crippen MR) is 94.0 cm³/mol. The number of aromatic nitrogens is 3. The molecular formula is C17H21N5O2S. The molecule has 1 saturated heterocycles. The lowest BCUT2D eigenvalue weighted by Crippen LogP contribution is -2.37. The summed E-state index contributed by atoms with van der Waals surface area (Å²) in [6.45, 7) is 3.61. The molecule has 8 heteroatoms. The van der Waals surface area contributed by atoms with Crippen LogP contribution in [0, 0.1) is 5.92 Å². The topological polar surface area (TPSA) is 88.1 Å². The monoisotopic (exact) mass is 359 g/mol. The number of hydrogen-bond donors (Lipinski definition) is 1. The second kappa shape index (κ2) is 8.15. The van der Waals surface area contributed by atoms with Gasteiger partial charge in [-0.25, -0.2) is 4.98 Å². The fraction of sp³-hybridized carbons (Fsp3) is 0.471. The fourth-order valence-corrected chi connectivity index (χ4v) is 3.44. The molecule has 1 aliphatic rings. The van der Waals surface area contributed by atoms with Crippen molar-refractivity contribution < 1.29 is 9.59 Å². The van der Waals surface area contributed by atoms with Gasteiger partial charge in [-0.3, -0.25) is 19.6 Å². The number of nitrogens with zero attached hydrogens (tertiary/aromatic N) is 4. The molecule has 1 N–H and O–H groups in total. The maximum Gasteiger partial charge on any atom is 0.271 e. The molecule has 2 aromatic rings. The zero-order valence-electron chi connectivity index (χ0n) is 14.1. The Hall–Kier alpha value is -2.35. The van der Waals surface area contributed by atoms with Crippen molar-refractivity contribution in [1.29, 1.82) is 0 Å². The third-order valence-corrected chi connectivity index (χ3v) is 5.00. The first kappa shape index (κ1) is 17.5. The van der Waals surface area contributed by atoms with Crippen LogP contribution in [0.5, 0.6) is 0 Å². The second-order valence-corrected chi connectivity index (χ2v) is 6.93. The summed E-state index contributed by atoms with van der Waals surface area (Å²) in [4.78, 5) is 37.9. The van der Waals surface area contributed by atoms with Gasteiger partial charge in [0.25, 0.3) is 5.91 Å². The van der Waals surface area contributed by atoms with Crippen LogP contribution in [0.1, 0.15) is 41.6 Å². The van der Waals surface area contributed by atoms with Gasteiger partial charge in [0.05, 0.1) is 29.6 Å². The highest BCUT2D eigenvalue weighted by molar-refractivity contribution is 7.07. The summed E-state index contributed by atoms with van der Waals surface area (Å²) >= 11 is 1.39. The van der Waals surface area contributed by atoms with E-state index in [0.29, 0.717) is 18.2 Å². The van der Waals surface area contributed by atoms with Gasteiger partial charge < -0.3 is 10.2 Å². The van der Waals surface area contributed by atoms with E-state index in [-0.39, 0.29) is 11.8 Å². The number of amides is 2. The summed E-state index contributed by atoms with van der Waals surface area (Å²) in [7, 11) is 0. The third kappa shape index (κ3) is 4.82. The minimum Gasteiger partial charge on any atom is -0.345 e. The SMILES string of the molecule is CC(=O)N1CCC(Cc2cnc(CNC(=O)c3cscn3)cn2)CC1. The second-order valence-electron chi connectivity index (χ2n) is 6.21. The van der Waals surface area contributed by atoms with Crippen molar-refractivity contribution in [1.82, 2.24) is 25.2 Å². The lowest BCUT2D eigenvalue weighted by molar-refractivity contribution is -0.130. The Morgan fingerprint density at radius 2 is 1.92 bits per heavy atom. The molecule has 2 aromatic heterocycles. The molecule has 3 heterocycles. The van der Waals surface area contributed by atoms with Crippen LogP contribution in [0.4, 0.5) is 0 Å². The molecule has 0 saturated carbocycles. The Labute approximate surface area is 150 Å². The molecule has 3 rings (SSSR count). The van der Waals surface area contributed by atoms with E-state index in [4.69, 9.17) is 0 Å². The van der Waals surface area contributed by atoms with Crippen LogP contribution in [0.2, 0.25) is 0 Å². The normalized spacial score (nSPS) is 15.2. The summed E-state index contributed by atoms with van der Waals surface area (Å²) < 4.78 is 0. The molecule has 0 aliphatic carbocycles. The molecule has 7 nitrogen and oxygen atoms in total. The Balaban J connectivity index is 1.46. The van der Waals surface area contributed by atoms with E-state index >= 15 is 0 Å². The quantitative estimate of drug-likeness (QED) is 0.877. The van der Waals surface area contributed by atoms with E-state index in [0.717, 1.165) is 43.7 Å². The van der Waals surface area contributed by atoms with Gasteiger partial charge in [-0.05, 0) is 25.2 Å². The highest BCUT2D eigenvalue weighted by atomic mass is 32.1. The van der Waals surface area contributed by atoms with Crippen LogP contribution >= 0.6 is 11.3 Å². The standard InChI is InChI=1S/C17H21N5O2S/c1-12(23)22-4-2-13(3-5-22)6-14-7-19-15(8-18-14)9-20-17(24)16-10-25-11-21-16/h7-8,10-11,13H,2-6,9H2,1H3,(H,20,24). The molecule has 25 heavy (non-hydrogen) atoms. The van der Waals surface area contributed by atoms with Crippen molar-refractivity contribution in [3.05, 3.63) is 40.4 Å². The predicted octanol–water partition coefficient (Wildman–Crippen LogP) is 1.66. The summed E-state index contributed by atoms with van der Waals surface area (Å²) in [6, 6.07) is 0. The molecule has 0 radical (unpaired) electrons. The average molecular weight is 359 g/mol. The van der Waals surface area contributed by atoms with Crippen LogP contribution in [0.3, 0.4) is 0 Å². The van der Waals surface area contributed by atoms with E-state index in [2.05, 4.69) is 20.3 Å². The highest BCUT2D eigenvalue weighted by Crippen LogP contribution is 2.20. The zero-order chi connectivity index (χ0) is 17.6. The first-order valence-corrected chi connectivity index (χ1v) is 9.28. The average Bonchev–Trinajstić information content (AvgIpc) is 3.16. The minimum absolute atomic E-state index is 0.155. The smallest absolute Gasteiger partial charge is 0.271 e. The Morgan fingerprint density at radius 1 is 1.20 bits per heavy atom. The van der Waals surface area contributed by atoms with Crippen LogP contribution in [-0.4, -0.2) is 44.8 Å². The van der Waals surface area contributed by atoms with Crippen LogP contribution < -0.4 is 5.32 Å². The molecule has 132 valence electrons. The summed E-state index contributed by atoms with van der Waals surface area (Å²) in [6.07, 6.45) is 6.38. The molecule has 0 aromatic carbocycles. The van der Waals surface area contributed by atoms with E-state index in [9.17, 15) is 9.59 Å². The van der Waals surface area contributed by atoms with Gasteiger partial charge >= 0.3 is 0 Å². The number of thiazole rings is 1. The van der Waals surface area contributed by atoms with Gasteiger partial charge in [0.15, 0.2) is 0 Å². The first-order valence-electron chi connectivity index (χ1n) is 8.33. The van der Waals surface area contributed by atoms with Crippen molar-refractivity contribution in [3.8, 4) is 0 Å². The van der Waals surface area contributed by atoms with Crippen molar-refractivity contribution in [3.63, 3.8) is 0 Å². The molecule has 2 amide bonds. The van der Waals surface area contributed by atoms with E-state index in [1.807, 2.05) is 4.90 Å². The Morgan fingerprint density at radius 3 is 2.52 bits per heavy atom. The lowest BCUT2D eigenvalue weighted by atomic mass is 9.92. The van der Waals surface area contributed by atoms with E-state index in [1.165, 1.54) is 11.3 Å². The third-order valence-electron chi connectivity index (χ3n) is 4.41. The molecule has 0 bridgehead atoms. The first-order chi connectivity index (χ1) is 12.1. The molecule has 0 spiro atoms. The molecular weight excluding hydrogens is 338 g/mol. The van der Waals surface area contributed by atoms with Gasteiger partial charge in [-0.1, -0.05) is 0 Å². The molecule has 0 unspecified atom stereocenters. The highest BCUT2D eigenvalue weighted by Gasteiger charge is 2.21. The Bertz CT molecular complexity index is 709. The fourth-order valence-electron chi connectivity index (χ4n) is 2.91. The van der Waals surface area contributed by atoms with Crippen molar-refractivity contribution >= 4 is 23.2 Å². The maximum absolute atomic E-state index is 11.8. The number of hydrogen-bond acceptors (Lipinski definition) is 6. The van der Waals surface area contributed by atoms with Crippen LogP contribution in [0.25, 0.3) is 0 Å². The number of carbonyl (C=O) groups is 2. The summed E-state index contributed by atoms with van der Waals surface area (Å²) in [5.74, 6) is 0.492. The van der Waals surface area contributed by atoms with Gasteiger partial charge in [-0.2, -0.15) is 0 Å². The maximum atomic E-state index is 11.8. The number of likely N-dealkylation sites (tertiary alicyclic amines) is 1. The number of piperidine rings is 1. The molecule has 1 aliphatic heterocycles. The van der Waals surface area contributed by atoms with Crippen LogP contribution in [-0.2, 0) is 17.8 Å². The lowest BCUT2D eigenvalue weighted by Gasteiger charge is -2.31. The Kier molecular flexibility index (Phi) is 5.70. The van der Waals surface area contributed by atoms with Crippen LogP contribution in [0.15, 0.2) is 23.3 Å². The number of nitrogens with one attached hydrogen (secondary N) is 1. The summed E-state index contributed by atoms with van der Waals surface area (Å²) in [5.41, 5.74) is 3.73. The van der Waals surface area contributed by atoms with E-state index in [1.54, 1.807) is 30.2 Å². The van der Waals surface area contributed by atoms with Gasteiger partial charge in [0.1, 0.15) is 5.69 Å². The van der Waals surface area contributed by atoms with Gasteiger partial charge in [0.2, 0.25) is 5.91 Å². The zero-order valence-corrected chi connectivity index (χ0v) is 15.0. The van der Waals surface area contributed by atoms with Gasteiger partial charge in [-0.15, -0.1) is 11.3 Å². The summed E-state index contributed by atoms with van der Waals surface area (Å²) in [5, 5.41) is 4.49. The number of carbonyl (C=O) groups excluding carboxylic acids is 2.